The summed E-state index contributed by atoms with van der Waals surface area (Å²) >= 11 is 0. The van der Waals surface area contributed by atoms with Crippen LogP contribution < -0.4 is 10.6 Å². The summed E-state index contributed by atoms with van der Waals surface area (Å²) < 4.78 is 1.53. The fourth-order valence-corrected chi connectivity index (χ4v) is 2.99. The van der Waals surface area contributed by atoms with E-state index in [9.17, 15) is 9.59 Å². The van der Waals surface area contributed by atoms with Gasteiger partial charge in [0.15, 0.2) is 0 Å². The third-order valence-electron chi connectivity index (χ3n) is 4.55. The molecule has 0 radical (unpaired) electrons. The maximum atomic E-state index is 12.4. The Morgan fingerprint density at radius 1 is 1.20 bits per heavy atom. The van der Waals surface area contributed by atoms with Crippen molar-refractivity contribution >= 4 is 17.6 Å². The zero-order valence-electron chi connectivity index (χ0n) is 15.5. The Hall–Kier alpha value is -2.63. The molecule has 0 aliphatic rings. The highest BCUT2D eigenvalue weighted by atomic mass is 16.2. The van der Waals surface area contributed by atoms with Gasteiger partial charge in [-0.15, -0.1) is 0 Å². The van der Waals surface area contributed by atoms with Gasteiger partial charge in [0, 0.05) is 24.6 Å². The molecule has 1 aromatic heterocycles. The Balaban J connectivity index is 2.08. The third-order valence-corrected chi connectivity index (χ3v) is 4.55. The lowest BCUT2D eigenvalue weighted by molar-refractivity contribution is -0.136. The van der Waals surface area contributed by atoms with Gasteiger partial charge < -0.3 is 10.6 Å². The number of carbonyl (C=O) groups excluding carboxylic acids is 2. The van der Waals surface area contributed by atoms with E-state index in [1.165, 1.54) is 4.68 Å². The van der Waals surface area contributed by atoms with Gasteiger partial charge in [-0.05, 0) is 18.9 Å². The van der Waals surface area contributed by atoms with Gasteiger partial charge in [-0.3, -0.25) is 14.3 Å². The Morgan fingerprint density at radius 3 is 2.36 bits per heavy atom. The molecular weight excluding hydrogens is 316 g/mol. The van der Waals surface area contributed by atoms with Crippen LogP contribution in [0.2, 0.25) is 0 Å². The molecule has 0 bridgehead atoms. The summed E-state index contributed by atoms with van der Waals surface area (Å²) in [7, 11) is 1.72. The van der Waals surface area contributed by atoms with Crippen LogP contribution in [0.5, 0.6) is 0 Å². The van der Waals surface area contributed by atoms with Gasteiger partial charge in [0.2, 0.25) is 0 Å². The van der Waals surface area contributed by atoms with Crippen LogP contribution in [0.3, 0.4) is 0 Å². The number of hydrogen-bond donors (Lipinski definition) is 2. The van der Waals surface area contributed by atoms with Crippen LogP contribution in [0.25, 0.3) is 0 Å². The first-order valence-corrected chi connectivity index (χ1v) is 8.43. The minimum absolute atomic E-state index is 0.165. The maximum Gasteiger partial charge on any atom is 0.314 e. The number of amides is 2. The Labute approximate surface area is 148 Å². The summed E-state index contributed by atoms with van der Waals surface area (Å²) in [6.07, 6.45) is 0.714. The maximum absolute atomic E-state index is 12.4. The topological polar surface area (TPSA) is 76.0 Å². The van der Waals surface area contributed by atoms with Crippen molar-refractivity contribution in [3.63, 3.8) is 0 Å². The monoisotopic (exact) mass is 342 g/mol. The van der Waals surface area contributed by atoms with Gasteiger partial charge in [-0.25, -0.2) is 0 Å². The molecule has 2 N–H and O–H groups in total. The third kappa shape index (κ3) is 4.26. The van der Waals surface area contributed by atoms with E-state index in [1.54, 1.807) is 13.1 Å². The summed E-state index contributed by atoms with van der Waals surface area (Å²) in [6, 6.07) is 11.5. The predicted molar refractivity (Wildman–Crippen MR) is 98.3 cm³/mol. The highest BCUT2D eigenvalue weighted by molar-refractivity contribution is 6.39. The van der Waals surface area contributed by atoms with Crippen molar-refractivity contribution in [2.24, 2.45) is 7.05 Å². The number of nitrogens with zero attached hydrogens (tertiary/aromatic N) is 2. The second kappa shape index (κ2) is 7.51. The largest absolute Gasteiger partial charge is 0.344 e. The van der Waals surface area contributed by atoms with Crippen LogP contribution >= 0.6 is 0 Å². The molecule has 1 unspecified atom stereocenters. The molecule has 0 spiro atoms. The second-order valence-electron chi connectivity index (χ2n) is 6.77. The minimum atomic E-state index is -0.690. The van der Waals surface area contributed by atoms with Crippen molar-refractivity contribution in [1.82, 2.24) is 15.1 Å². The van der Waals surface area contributed by atoms with Crippen molar-refractivity contribution in [3.8, 4) is 0 Å². The van der Waals surface area contributed by atoms with Crippen LogP contribution in [0, 0.1) is 6.92 Å². The number of carbonyl (C=O) groups is 2. The molecule has 6 heteroatoms. The molecule has 134 valence electrons. The Kier molecular flexibility index (Phi) is 5.62. The summed E-state index contributed by atoms with van der Waals surface area (Å²) in [6.45, 7) is 7.96. The van der Waals surface area contributed by atoms with E-state index in [4.69, 9.17) is 0 Å². The van der Waals surface area contributed by atoms with Crippen molar-refractivity contribution < 1.29 is 9.59 Å². The van der Waals surface area contributed by atoms with Crippen molar-refractivity contribution in [2.75, 3.05) is 5.32 Å². The molecular formula is C19H26N4O2. The van der Waals surface area contributed by atoms with Crippen LogP contribution in [0.1, 0.15) is 38.4 Å². The quantitative estimate of drug-likeness (QED) is 0.820. The van der Waals surface area contributed by atoms with Gasteiger partial charge >= 0.3 is 11.8 Å². The lowest BCUT2D eigenvalue weighted by Gasteiger charge is -2.34. The normalized spacial score (nSPS) is 12.5. The van der Waals surface area contributed by atoms with E-state index < -0.39 is 11.8 Å². The van der Waals surface area contributed by atoms with Crippen LogP contribution in [0.4, 0.5) is 5.82 Å². The van der Waals surface area contributed by atoms with E-state index in [0.717, 1.165) is 11.3 Å². The summed E-state index contributed by atoms with van der Waals surface area (Å²) in [5.41, 5.74) is 1.59. The van der Waals surface area contributed by atoms with Gasteiger partial charge in [-0.2, -0.15) is 5.10 Å². The van der Waals surface area contributed by atoms with Gasteiger partial charge in [-0.1, -0.05) is 51.1 Å². The molecule has 1 aromatic carbocycles. The zero-order chi connectivity index (χ0) is 18.6. The molecule has 25 heavy (non-hydrogen) atoms. The van der Waals surface area contributed by atoms with Gasteiger partial charge in [0.1, 0.15) is 5.82 Å². The second-order valence-corrected chi connectivity index (χ2v) is 6.77. The number of hydrogen-bond acceptors (Lipinski definition) is 3. The summed E-state index contributed by atoms with van der Waals surface area (Å²) in [5.74, 6) is -0.840. The van der Waals surface area contributed by atoms with E-state index in [1.807, 2.05) is 44.2 Å². The molecule has 0 saturated heterocycles. The summed E-state index contributed by atoms with van der Waals surface area (Å²) in [4.78, 5) is 24.6. The molecule has 0 aliphatic carbocycles. The van der Waals surface area contributed by atoms with E-state index in [-0.39, 0.29) is 11.5 Å². The molecule has 1 heterocycles. The van der Waals surface area contributed by atoms with E-state index >= 15 is 0 Å². The van der Waals surface area contributed by atoms with Crippen molar-refractivity contribution in [2.45, 2.75) is 45.6 Å². The molecule has 2 rings (SSSR count). The molecule has 1 atom stereocenters. The van der Waals surface area contributed by atoms with Crippen molar-refractivity contribution in [3.05, 3.63) is 47.7 Å². The number of aromatic nitrogens is 2. The highest BCUT2D eigenvalue weighted by Gasteiger charge is 2.32. The lowest BCUT2D eigenvalue weighted by Crippen LogP contribution is -2.50. The fourth-order valence-electron chi connectivity index (χ4n) is 2.99. The standard InChI is InChI=1S/C19H26N4O2/c1-6-15(19(3,4)14-10-8-7-9-11-14)20-17(24)18(25)21-16-12-13(2)22-23(16)5/h7-12,15H,6H2,1-5H3,(H,20,24)(H,21,25). The van der Waals surface area contributed by atoms with Gasteiger partial charge in [0.05, 0.1) is 5.69 Å². The van der Waals surface area contributed by atoms with E-state index in [2.05, 4.69) is 29.6 Å². The Bertz CT molecular complexity index is 750. The molecule has 2 amide bonds. The molecule has 0 aliphatic heterocycles. The lowest BCUT2D eigenvalue weighted by atomic mass is 9.76. The first-order chi connectivity index (χ1) is 11.8. The van der Waals surface area contributed by atoms with Gasteiger partial charge in [0.25, 0.3) is 0 Å². The number of nitrogens with one attached hydrogen (secondary N) is 2. The van der Waals surface area contributed by atoms with Crippen LogP contribution in [-0.2, 0) is 22.1 Å². The van der Waals surface area contributed by atoms with Crippen LogP contribution in [-0.4, -0.2) is 27.6 Å². The first kappa shape index (κ1) is 18.7. The first-order valence-electron chi connectivity index (χ1n) is 8.43. The number of anilines is 1. The number of rotatable bonds is 5. The minimum Gasteiger partial charge on any atom is -0.344 e. The smallest absolute Gasteiger partial charge is 0.314 e. The van der Waals surface area contributed by atoms with E-state index in [0.29, 0.717) is 12.2 Å². The average molecular weight is 342 g/mol. The summed E-state index contributed by atoms with van der Waals surface area (Å²) in [5, 5.41) is 9.62. The number of aryl methyl sites for hydroxylation is 2. The Morgan fingerprint density at radius 2 is 1.84 bits per heavy atom. The zero-order valence-corrected chi connectivity index (χ0v) is 15.5. The average Bonchev–Trinajstić information content (AvgIpc) is 2.90. The fraction of sp³-hybridized carbons (Fsp3) is 0.421. The molecule has 2 aromatic rings. The molecule has 6 nitrogen and oxygen atoms in total. The van der Waals surface area contributed by atoms with Crippen molar-refractivity contribution in [1.29, 1.82) is 0 Å². The SMILES string of the molecule is CCC(NC(=O)C(=O)Nc1cc(C)nn1C)C(C)(C)c1ccccc1. The molecule has 0 saturated carbocycles. The highest BCUT2D eigenvalue weighted by Crippen LogP contribution is 2.28. The predicted octanol–water partition coefficient (Wildman–Crippen LogP) is 2.54. The molecule has 0 fully saturated rings. The van der Waals surface area contributed by atoms with Crippen LogP contribution in [0.15, 0.2) is 36.4 Å². The number of benzene rings is 1.